The molecule has 0 unspecified atom stereocenters. The van der Waals surface area contributed by atoms with E-state index in [2.05, 4.69) is 63.6 Å². The van der Waals surface area contributed by atoms with E-state index in [9.17, 15) is 0 Å². The van der Waals surface area contributed by atoms with Gasteiger partial charge >= 0.3 is 0 Å². The van der Waals surface area contributed by atoms with Gasteiger partial charge in [0.2, 0.25) is 0 Å². The fraction of sp³-hybridized carbons (Fsp3) is 0.471. The van der Waals surface area contributed by atoms with Crippen molar-refractivity contribution in [3.8, 4) is 0 Å². The van der Waals surface area contributed by atoms with Crippen LogP contribution in [0.4, 0.5) is 0 Å². The molecule has 0 atom stereocenters. The maximum absolute atomic E-state index is 4.23. The van der Waals surface area contributed by atoms with E-state index in [4.69, 9.17) is 0 Å². The van der Waals surface area contributed by atoms with Crippen molar-refractivity contribution in [3.05, 3.63) is 36.5 Å². The number of halogens is 1. The SMILES string of the molecule is CCCCNC(=NC)NCCCn1ccc2ccccc21.I. The van der Waals surface area contributed by atoms with Crippen LogP contribution in [-0.2, 0) is 6.54 Å². The Balaban J connectivity index is 0.00000242. The molecule has 1 aromatic carbocycles. The van der Waals surface area contributed by atoms with E-state index in [1.807, 2.05) is 7.05 Å². The van der Waals surface area contributed by atoms with E-state index in [-0.39, 0.29) is 24.0 Å². The Morgan fingerprint density at radius 3 is 2.55 bits per heavy atom. The number of aliphatic imine (C=N–C) groups is 1. The number of unbranched alkanes of at least 4 members (excludes halogenated alkanes) is 1. The predicted octanol–water partition coefficient (Wildman–Crippen LogP) is 3.61. The monoisotopic (exact) mass is 414 g/mol. The van der Waals surface area contributed by atoms with Gasteiger partial charge in [-0.2, -0.15) is 0 Å². The summed E-state index contributed by atoms with van der Waals surface area (Å²) in [5.41, 5.74) is 1.31. The quantitative estimate of drug-likeness (QED) is 0.315. The van der Waals surface area contributed by atoms with Gasteiger partial charge < -0.3 is 15.2 Å². The molecule has 1 aromatic heterocycles. The Morgan fingerprint density at radius 2 is 1.82 bits per heavy atom. The van der Waals surface area contributed by atoms with Crippen LogP contribution in [0.2, 0.25) is 0 Å². The molecule has 0 aliphatic carbocycles. The van der Waals surface area contributed by atoms with E-state index in [1.165, 1.54) is 23.7 Å². The lowest BCUT2D eigenvalue weighted by Gasteiger charge is -2.12. The van der Waals surface area contributed by atoms with E-state index < -0.39 is 0 Å². The van der Waals surface area contributed by atoms with Crippen LogP contribution in [0.1, 0.15) is 26.2 Å². The van der Waals surface area contributed by atoms with Crippen molar-refractivity contribution in [1.82, 2.24) is 15.2 Å². The van der Waals surface area contributed by atoms with Gasteiger partial charge in [-0.1, -0.05) is 31.5 Å². The topological polar surface area (TPSA) is 41.4 Å². The first-order valence-electron chi connectivity index (χ1n) is 7.83. The van der Waals surface area contributed by atoms with Crippen LogP contribution in [-0.4, -0.2) is 30.7 Å². The van der Waals surface area contributed by atoms with Crippen LogP contribution in [0.25, 0.3) is 10.9 Å². The molecule has 0 bridgehead atoms. The minimum absolute atomic E-state index is 0. The molecule has 0 aliphatic heterocycles. The average Bonchev–Trinajstić information content (AvgIpc) is 2.93. The number of benzene rings is 1. The molecule has 0 radical (unpaired) electrons. The molecule has 0 saturated heterocycles. The van der Waals surface area contributed by atoms with Gasteiger partial charge in [0.25, 0.3) is 0 Å². The Bertz CT molecular complexity index is 577. The summed E-state index contributed by atoms with van der Waals surface area (Å²) < 4.78 is 2.31. The third-order valence-corrected chi connectivity index (χ3v) is 3.59. The standard InChI is InChI=1S/C17H26N4.HI/c1-3-4-11-19-17(18-2)20-12-7-13-21-14-10-15-8-5-6-9-16(15)21;/h5-6,8-10,14H,3-4,7,11-13H2,1-2H3,(H2,18,19,20);1H. The summed E-state index contributed by atoms with van der Waals surface area (Å²) in [6, 6.07) is 10.7. The van der Waals surface area contributed by atoms with E-state index in [0.717, 1.165) is 32.0 Å². The number of nitrogens with one attached hydrogen (secondary N) is 2. The number of rotatable bonds is 7. The molecule has 0 spiro atoms. The summed E-state index contributed by atoms with van der Waals surface area (Å²) in [4.78, 5) is 4.23. The van der Waals surface area contributed by atoms with Gasteiger partial charge in [-0.25, -0.2) is 0 Å². The van der Waals surface area contributed by atoms with Gasteiger partial charge in [-0.3, -0.25) is 4.99 Å². The van der Waals surface area contributed by atoms with E-state index in [0.29, 0.717) is 0 Å². The lowest BCUT2D eigenvalue weighted by atomic mass is 10.2. The minimum Gasteiger partial charge on any atom is -0.356 e. The molecular weight excluding hydrogens is 387 g/mol. The number of guanidine groups is 1. The van der Waals surface area contributed by atoms with Crippen molar-refractivity contribution >= 4 is 40.8 Å². The van der Waals surface area contributed by atoms with Crippen molar-refractivity contribution in [1.29, 1.82) is 0 Å². The third-order valence-electron chi connectivity index (χ3n) is 3.59. The molecule has 2 N–H and O–H groups in total. The van der Waals surface area contributed by atoms with E-state index >= 15 is 0 Å². The Labute approximate surface area is 150 Å². The molecule has 1 heterocycles. The number of para-hydroxylation sites is 1. The van der Waals surface area contributed by atoms with Crippen molar-refractivity contribution < 1.29 is 0 Å². The number of fused-ring (bicyclic) bond motifs is 1. The summed E-state index contributed by atoms with van der Waals surface area (Å²) in [5, 5.41) is 8.00. The fourth-order valence-corrected chi connectivity index (χ4v) is 2.40. The molecule has 0 amide bonds. The number of aromatic nitrogens is 1. The maximum atomic E-state index is 4.23. The molecule has 0 fully saturated rings. The van der Waals surface area contributed by atoms with Crippen LogP contribution < -0.4 is 10.6 Å². The Kier molecular flexibility index (Phi) is 8.96. The molecule has 2 aromatic rings. The first kappa shape index (κ1) is 18.8. The summed E-state index contributed by atoms with van der Waals surface area (Å²) >= 11 is 0. The van der Waals surface area contributed by atoms with Gasteiger partial charge in [-0.05, 0) is 30.4 Å². The summed E-state index contributed by atoms with van der Waals surface area (Å²) in [6.07, 6.45) is 5.62. The maximum Gasteiger partial charge on any atom is 0.190 e. The van der Waals surface area contributed by atoms with Crippen molar-refractivity contribution in [2.45, 2.75) is 32.7 Å². The van der Waals surface area contributed by atoms with Gasteiger partial charge in [0.05, 0.1) is 0 Å². The molecule has 5 heteroatoms. The second-order valence-corrected chi connectivity index (χ2v) is 5.20. The molecule has 2 rings (SSSR count). The highest BCUT2D eigenvalue weighted by Crippen LogP contribution is 2.15. The van der Waals surface area contributed by atoms with Crippen LogP contribution in [0.15, 0.2) is 41.5 Å². The Hall–Kier alpha value is -1.24. The molecule has 122 valence electrons. The van der Waals surface area contributed by atoms with Gasteiger partial charge in [0.1, 0.15) is 0 Å². The van der Waals surface area contributed by atoms with Gasteiger partial charge in [0, 0.05) is 38.4 Å². The molecular formula is C17H27IN4. The predicted molar refractivity (Wildman–Crippen MR) is 106 cm³/mol. The minimum atomic E-state index is 0. The van der Waals surface area contributed by atoms with Crippen molar-refractivity contribution in [2.75, 3.05) is 20.1 Å². The zero-order chi connectivity index (χ0) is 14.9. The highest BCUT2D eigenvalue weighted by Gasteiger charge is 2.00. The summed E-state index contributed by atoms with van der Waals surface area (Å²) in [6.45, 7) is 5.13. The average molecular weight is 414 g/mol. The number of aryl methyl sites for hydroxylation is 1. The van der Waals surface area contributed by atoms with E-state index in [1.54, 1.807) is 0 Å². The number of nitrogens with zero attached hydrogens (tertiary/aromatic N) is 2. The zero-order valence-electron chi connectivity index (χ0n) is 13.5. The largest absolute Gasteiger partial charge is 0.356 e. The van der Waals surface area contributed by atoms with Crippen LogP contribution >= 0.6 is 24.0 Å². The van der Waals surface area contributed by atoms with Crippen molar-refractivity contribution in [3.63, 3.8) is 0 Å². The fourth-order valence-electron chi connectivity index (χ4n) is 2.40. The van der Waals surface area contributed by atoms with Gasteiger partial charge in [0.15, 0.2) is 5.96 Å². The first-order valence-corrected chi connectivity index (χ1v) is 7.83. The normalized spacial score (nSPS) is 11.3. The third kappa shape index (κ3) is 5.51. The lowest BCUT2D eigenvalue weighted by molar-refractivity contribution is 0.638. The molecule has 22 heavy (non-hydrogen) atoms. The van der Waals surface area contributed by atoms with Gasteiger partial charge in [-0.15, -0.1) is 24.0 Å². The lowest BCUT2D eigenvalue weighted by Crippen LogP contribution is -2.38. The number of hydrogen-bond donors (Lipinski definition) is 2. The second-order valence-electron chi connectivity index (χ2n) is 5.20. The summed E-state index contributed by atoms with van der Waals surface area (Å²) in [7, 11) is 1.82. The number of hydrogen-bond acceptors (Lipinski definition) is 1. The Morgan fingerprint density at radius 1 is 1.09 bits per heavy atom. The van der Waals surface area contributed by atoms with Crippen molar-refractivity contribution in [2.24, 2.45) is 4.99 Å². The van der Waals surface area contributed by atoms with Crippen LogP contribution in [0.5, 0.6) is 0 Å². The highest BCUT2D eigenvalue weighted by molar-refractivity contribution is 14.0. The molecule has 0 aliphatic rings. The molecule has 0 saturated carbocycles. The van der Waals surface area contributed by atoms with Crippen LogP contribution in [0.3, 0.4) is 0 Å². The summed E-state index contributed by atoms with van der Waals surface area (Å²) in [5.74, 6) is 0.904. The smallest absolute Gasteiger partial charge is 0.190 e. The van der Waals surface area contributed by atoms with Crippen LogP contribution in [0, 0.1) is 0 Å². The first-order chi connectivity index (χ1) is 10.3. The second kappa shape index (κ2) is 10.5. The zero-order valence-corrected chi connectivity index (χ0v) is 15.8. The molecule has 4 nitrogen and oxygen atoms in total. The highest BCUT2D eigenvalue weighted by atomic mass is 127.